The SMILES string of the molecule is CN(c1ccccc1CN)S(=O)(=O)NC(C)(C)C. The van der Waals surface area contributed by atoms with Crippen molar-refractivity contribution in [3.63, 3.8) is 0 Å². The molecule has 18 heavy (non-hydrogen) atoms. The number of anilines is 1. The zero-order valence-corrected chi connectivity index (χ0v) is 12.1. The lowest BCUT2D eigenvalue weighted by atomic mass is 10.1. The molecule has 0 heterocycles. The van der Waals surface area contributed by atoms with Crippen LogP contribution in [0.4, 0.5) is 5.69 Å². The normalized spacial score (nSPS) is 12.5. The first-order valence-electron chi connectivity index (χ1n) is 5.73. The highest BCUT2D eigenvalue weighted by Crippen LogP contribution is 2.21. The highest BCUT2D eigenvalue weighted by molar-refractivity contribution is 7.90. The molecule has 0 aliphatic carbocycles. The van der Waals surface area contributed by atoms with Gasteiger partial charge in [-0.3, -0.25) is 4.31 Å². The maximum atomic E-state index is 12.2. The fraction of sp³-hybridized carbons (Fsp3) is 0.500. The zero-order valence-electron chi connectivity index (χ0n) is 11.3. The molecule has 0 amide bonds. The minimum absolute atomic E-state index is 0.297. The first kappa shape index (κ1) is 14.9. The van der Waals surface area contributed by atoms with E-state index >= 15 is 0 Å². The molecule has 1 aromatic rings. The summed E-state index contributed by atoms with van der Waals surface area (Å²) in [6, 6.07) is 7.18. The van der Waals surface area contributed by atoms with Crippen molar-refractivity contribution in [2.24, 2.45) is 5.73 Å². The van der Waals surface area contributed by atoms with Gasteiger partial charge in [0.25, 0.3) is 0 Å². The molecule has 0 saturated heterocycles. The Kier molecular flexibility index (Phi) is 4.37. The van der Waals surface area contributed by atoms with Gasteiger partial charge in [0.15, 0.2) is 0 Å². The second-order valence-corrected chi connectivity index (χ2v) is 6.86. The van der Waals surface area contributed by atoms with E-state index in [2.05, 4.69) is 4.72 Å². The van der Waals surface area contributed by atoms with E-state index in [1.165, 1.54) is 11.4 Å². The Morgan fingerprint density at radius 1 is 1.28 bits per heavy atom. The second kappa shape index (κ2) is 5.26. The van der Waals surface area contributed by atoms with Crippen LogP contribution in [0.2, 0.25) is 0 Å². The molecule has 5 nitrogen and oxygen atoms in total. The molecule has 0 fully saturated rings. The summed E-state index contributed by atoms with van der Waals surface area (Å²) in [5.41, 5.74) is 6.48. The summed E-state index contributed by atoms with van der Waals surface area (Å²) in [5, 5.41) is 0. The van der Waals surface area contributed by atoms with Gasteiger partial charge in [-0.2, -0.15) is 13.1 Å². The first-order chi connectivity index (χ1) is 8.17. The van der Waals surface area contributed by atoms with Crippen LogP contribution in [-0.2, 0) is 16.8 Å². The lowest BCUT2D eigenvalue weighted by molar-refractivity contribution is 0.490. The standard InChI is InChI=1S/C12H21N3O2S/c1-12(2,3)14-18(16,17)15(4)11-8-6-5-7-10(11)9-13/h5-8,14H,9,13H2,1-4H3. The van der Waals surface area contributed by atoms with Crippen molar-refractivity contribution in [3.8, 4) is 0 Å². The maximum absolute atomic E-state index is 12.2. The Morgan fingerprint density at radius 3 is 2.33 bits per heavy atom. The third-order valence-corrected chi connectivity index (χ3v) is 4.13. The molecule has 1 rings (SSSR count). The van der Waals surface area contributed by atoms with E-state index in [9.17, 15) is 8.42 Å². The average molecular weight is 271 g/mol. The van der Waals surface area contributed by atoms with Gasteiger partial charge in [0.05, 0.1) is 5.69 Å². The van der Waals surface area contributed by atoms with Crippen molar-refractivity contribution >= 4 is 15.9 Å². The zero-order chi connectivity index (χ0) is 14.0. The number of benzene rings is 1. The number of nitrogens with zero attached hydrogens (tertiary/aromatic N) is 1. The van der Waals surface area contributed by atoms with E-state index < -0.39 is 15.7 Å². The van der Waals surface area contributed by atoms with Crippen molar-refractivity contribution in [1.29, 1.82) is 0 Å². The van der Waals surface area contributed by atoms with Crippen molar-refractivity contribution in [1.82, 2.24) is 4.72 Å². The van der Waals surface area contributed by atoms with E-state index in [1.807, 2.05) is 12.1 Å². The second-order valence-electron chi connectivity index (χ2n) is 5.16. The predicted molar refractivity (Wildman–Crippen MR) is 74.5 cm³/mol. The Morgan fingerprint density at radius 2 is 1.83 bits per heavy atom. The third-order valence-electron chi connectivity index (χ3n) is 2.35. The van der Waals surface area contributed by atoms with Crippen LogP contribution in [0.5, 0.6) is 0 Å². The van der Waals surface area contributed by atoms with Gasteiger partial charge >= 0.3 is 10.2 Å². The van der Waals surface area contributed by atoms with Crippen LogP contribution in [0.1, 0.15) is 26.3 Å². The van der Waals surface area contributed by atoms with E-state index in [0.717, 1.165) is 5.56 Å². The average Bonchev–Trinajstić information content (AvgIpc) is 2.24. The molecule has 1 aromatic carbocycles. The van der Waals surface area contributed by atoms with E-state index in [-0.39, 0.29) is 0 Å². The molecule has 3 N–H and O–H groups in total. The van der Waals surface area contributed by atoms with Crippen LogP contribution in [0.15, 0.2) is 24.3 Å². The smallest absolute Gasteiger partial charge is 0.301 e. The largest absolute Gasteiger partial charge is 0.326 e. The van der Waals surface area contributed by atoms with E-state index in [4.69, 9.17) is 5.73 Å². The maximum Gasteiger partial charge on any atom is 0.301 e. The van der Waals surface area contributed by atoms with Gasteiger partial charge in [-0.1, -0.05) is 18.2 Å². The number of rotatable bonds is 4. The fourth-order valence-corrected chi connectivity index (χ4v) is 2.92. The molecule has 6 heteroatoms. The van der Waals surface area contributed by atoms with Crippen LogP contribution in [0.25, 0.3) is 0 Å². The van der Waals surface area contributed by atoms with Gasteiger partial charge in [0, 0.05) is 19.1 Å². The van der Waals surface area contributed by atoms with Crippen LogP contribution in [0.3, 0.4) is 0 Å². The summed E-state index contributed by atoms with van der Waals surface area (Å²) in [6.07, 6.45) is 0. The van der Waals surface area contributed by atoms with Gasteiger partial charge in [-0.05, 0) is 32.4 Å². The summed E-state index contributed by atoms with van der Waals surface area (Å²) in [7, 11) is -2.06. The minimum atomic E-state index is -3.58. The van der Waals surface area contributed by atoms with Crippen LogP contribution in [-0.4, -0.2) is 21.0 Å². The number of nitrogens with one attached hydrogen (secondary N) is 1. The molecule has 0 unspecified atom stereocenters. The Labute approximate surface area is 109 Å². The summed E-state index contributed by atoms with van der Waals surface area (Å²) in [6.45, 7) is 5.69. The molecule has 0 aliphatic rings. The molecular weight excluding hydrogens is 250 g/mol. The Hall–Kier alpha value is -1.11. The highest BCUT2D eigenvalue weighted by atomic mass is 32.2. The van der Waals surface area contributed by atoms with Crippen LogP contribution >= 0.6 is 0 Å². The minimum Gasteiger partial charge on any atom is -0.326 e. The lowest BCUT2D eigenvalue weighted by Gasteiger charge is -2.27. The predicted octanol–water partition coefficient (Wildman–Crippen LogP) is 1.21. The quantitative estimate of drug-likeness (QED) is 0.864. The molecule has 0 atom stereocenters. The molecule has 0 bridgehead atoms. The molecular formula is C12H21N3O2S. The van der Waals surface area contributed by atoms with Gasteiger partial charge in [-0.15, -0.1) is 0 Å². The van der Waals surface area contributed by atoms with Gasteiger partial charge in [0.1, 0.15) is 0 Å². The van der Waals surface area contributed by atoms with Crippen molar-refractivity contribution in [2.45, 2.75) is 32.9 Å². The fourth-order valence-electron chi connectivity index (χ4n) is 1.58. The van der Waals surface area contributed by atoms with Gasteiger partial charge in [-0.25, -0.2) is 0 Å². The van der Waals surface area contributed by atoms with Crippen molar-refractivity contribution < 1.29 is 8.42 Å². The molecule has 0 saturated carbocycles. The number of hydrogen-bond acceptors (Lipinski definition) is 3. The summed E-state index contributed by atoms with van der Waals surface area (Å²) >= 11 is 0. The number of hydrogen-bond donors (Lipinski definition) is 2. The summed E-state index contributed by atoms with van der Waals surface area (Å²) in [4.78, 5) is 0. The third kappa shape index (κ3) is 3.69. The van der Waals surface area contributed by atoms with Crippen LogP contribution < -0.4 is 14.8 Å². The molecule has 0 spiro atoms. The summed E-state index contributed by atoms with van der Waals surface area (Å²) < 4.78 is 28.2. The van der Waals surface area contributed by atoms with Crippen LogP contribution in [0, 0.1) is 0 Å². The molecule has 0 aliphatic heterocycles. The Bertz CT molecular complexity index is 506. The molecule has 0 aromatic heterocycles. The van der Waals surface area contributed by atoms with Gasteiger partial charge in [0.2, 0.25) is 0 Å². The Balaban J connectivity index is 3.10. The molecule has 102 valence electrons. The number of para-hydroxylation sites is 1. The first-order valence-corrected chi connectivity index (χ1v) is 7.17. The van der Waals surface area contributed by atoms with Gasteiger partial charge < -0.3 is 5.73 Å². The van der Waals surface area contributed by atoms with Crippen molar-refractivity contribution in [3.05, 3.63) is 29.8 Å². The van der Waals surface area contributed by atoms with E-state index in [0.29, 0.717) is 12.2 Å². The van der Waals surface area contributed by atoms with Crippen molar-refractivity contribution in [2.75, 3.05) is 11.4 Å². The number of nitrogens with two attached hydrogens (primary N) is 1. The van der Waals surface area contributed by atoms with E-state index in [1.54, 1.807) is 32.9 Å². The lowest BCUT2D eigenvalue weighted by Crippen LogP contribution is -2.47. The highest BCUT2D eigenvalue weighted by Gasteiger charge is 2.25. The molecule has 0 radical (unpaired) electrons. The monoisotopic (exact) mass is 271 g/mol. The summed E-state index contributed by atoms with van der Waals surface area (Å²) in [5.74, 6) is 0. The topological polar surface area (TPSA) is 75.4 Å².